The van der Waals surface area contributed by atoms with Gasteiger partial charge in [-0.15, -0.1) is 0 Å². The van der Waals surface area contributed by atoms with Gasteiger partial charge in [-0.2, -0.15) is 0 Å². The van der Waals surface area contributed by atoms with Crippen molar-refractivity contribution >= 4 is 13.8 Å². The molecule has 0 aromatic heterocycles. The van der Waals surface area contributed by atoms with Crippen LogP contribution >= 0.6 is 7.82 Å². The average Bonchev–Trinajstić information content (AvgIpc) is 3.24. The molecule has 0 heterocycles. The van der Waals surface area contributed by atoms with Crippen molar-refractivity contribution in [2.45, 2.75) is 161 Å². The fourth-order valence-corrected chi connectivity index (χ4v) is 6.34. The summed E-state index contributed by atoms with van der Waals surface area (Å²) in [6.45, 7) is 4.58. The summed E-state index contributed by atoms with van der Waals surface area (Å²) < 4.78 is 33.4. The zero-order valence-electron chi connectivity index (χ0n) is 37.6. The van der Waals surface area contributed by atoms with E-state index in [4.69, 9.17) is 24.3 Å². The van der Waals surface area contributed by atoms with Gasteiger partial charge in [0.25, 0.3) is 0 Å². The molecule has 60 heavy (non-hydrogen) atoms. The Kier molecular flexibility index (Phi) is 44.5. The third kappa shape index (κ3) is 46.0. The van der Waals surface area contributed by atoms with Crippen molar-refractivity contribution < 1.29 is 32.8 Å². The second kappa shape index (κ2) is 47.0. The predicted molar refractivity (Wildman–Crippen MR) is 256 cm³/mol. The van der Waals surface area contributed by atoms with E-state index in [2.05, 4.69) is 135 Å². The van der Waals surface area contributed by atoms with E-state index in [1.54, 1.807) is 0 Å². The second-order valence-electron chi connectivity index (χ2n) is 14.5. The molecular weight excluding hydrogens is 770 g/mol. The Morgan fingerprint density at radius 2 is 0.883 bits per heavy atom. The summed E-state index contributed by atoms with van der Waals surface area (Å²) in [5.41, 5.74) is 5.37. The molecule has 3 N–H and O–H groups in total. The highest BCUT2D eigenvalue weighted by molar-refractivity contribution is 7.47. The Labute approximate surface area is 366 Å². The van der Waals surface area contributed by atoms with E-state index in [0.717, 1.165) is 109 Å². The molecule has 9 heteroatoms. The van der Waals surface area contributed by atoms with Crippen molar-refractivity contribution in [3.63, 3.8) is 0 Å². The predicted octanol–water partition coefficient (Wildman–Crippen LogP) is 14.2. The molecule has 2 atom stereocenters. The molecule has 0 saturated carbocycles. The van der Waals surface area contributed by atoms with Gasteiger partial charge in [0.05, 0.1) is 19.8 Å². The van der Waals surface area contributed by atoms with Crippen molar-refractivity contribution in [2.75, 3.05) is 33.0 Å². The number of carbonyl (C=O) groups excluding carboxylic acids is 1. The van der Waals surface area contributed by atoms with Crippen LogP contribution in [0, 0.1) is 0 Å². The van der Waals surface area contributed by atoms with Gasteiger partial charge in [0.1, 0.15) is 6.10 Å². The fraction of sp³-hybridized carbons (Fsp3) is 0.588. The largest absolute Gasteiger partial charge is 0.472 e. The van der Waals surface area contributed by atoms with Gasteiger partial charge >= 0.3 is 13.8 Å². The number of hydrogen-bond donors (Lipinski definition) is 2. The van der Waals surface area contributed by atoms with Crippen LogP contribution in [0.1, 0.15) is 155 Å². The number of rotatable bonds is 42. The molecule has 340 valence electrons. The standard InChI is InChI=1S/C51H84NO7P/c1-3-5-7-9-11-13-15-17-19-21-22-23-24-25-26-27-28-29-30-32-34-36-38-40-42-44-51(53)59-50(49-58-60(54,55)57-47-45-52)48-56-46-43-41-39-37-35-33-31-20-18-16-14-12-10-8-6-4-2/h5-8,11-14,17-20,22-23,25-26,28-29,32,34,50H,3-4,9-10,15-16,21,24,27,30-31,33,35-49,52H2,1-2H3,(H,54,55)/b7-5-,8-6-,13-11-,14-12-,19-17-,20-18-,23-22-,26-25-,29-28-,34-32-. The van der Waals surface area contributed by atoms with Crippen LogP contribution in [0.3, 0.4) is 0 Å². The van der Waals surface area contributed by atoms with E-state index in [9.17, 15) is 14.3 Å². The Morgan fingerprint density at radius 1 is 0.500 bits per heavy atom. The molecule has 0 aromatic carbocycles. The molecule has 0 rings (SSSR count). The van der Waals surface area contributed by atoms with E-state index in [1.807, 2.05) is 0 Å². The fourth-order valence-electron chi connectivity index (χ4n) is 5.58. The van der Waals surface area contributed by atoms with Gasteiger partial charge in [-0.25, -0.2) is 4.57 Å². The molecule has 0 spiro atoms. The minimum Gasteiger partial charge on any atom is -0.457 e. The van der Waals surface area contributed by atoms with E-state index in [-0.39, 0.29) is 38.8 Å². The number of allylic oxidation sites excluding steroid dienone is 20. The molecule has 0 bridgehead atoms. The molecule has 0 amide bonds. The van der Waals surface area contributed by atoms with Crippen molar-refractivity contribution in [3.05, 3.63) is 122 Å². The van der Waals surface area contributed by atoms with Crippen LogP contribution in [0.5, 0.6) is 0 Å². The van der Waals surface area contributed by atoms with Gasteiger partial charge in [0.15, 0.2) is 0 Å². The maximum atomic E-state index is 12.6. The molecule has 0 aliphatic heterocycles. The molecule has 0 saturated heterocycles. The maximum absolute atomic E-state index is 12.6. The molecular formula is C51H84NO7P. The molecule has 0 aliphatic rings. The molecule has 0 fully saturated rings. The van der Waals surface area contributed by atoms with E-state index in [0.29, 0.717) is 13.0 Å². The normalized spacial score (nSPS) is 14.5. The first kappa shape index (κ1) is 56.9. The van der Waals surface area contributed by atoms with Crippen LogP contribution in [0.4, 0.5) is 0 Å². The Bertz CT molecular complexity index is 1320. The third-order valence-electron chi connectivity index (χ3n) is 8.87. The molecule has 0 aromatic rings. The number of carbonyl (C=O) groups is 1. The average molecular weight is 854 g/mol. The van der Waals surface area contributed by atoms with E-state index >= 15 is 0 Å². The smallest absolute Gasteiger partial charge is 0.457 e. The quantitative estimate of drug-likeness (QED) is 0.0270. The topological polar surface area (TPSA) is 117 Å². The summed E-state index contributed by atoms with van der Waals surface area (Å²) in [5.74, 6) is -0.373. The highest BCUT2D eigenvalue weighted by atomic mass is 31.2. The van der Waals surface area contributed by atoms with Crippen molar-refractivity contribution in [1.29, 1.82) is 0 Å². The van der Waals surface area contributed by atoms with Crippen LogP contribution in [0.2, 0.25) is 0 Å². The summed E-state index contributed by atoms with van der Waals surface area (Å²) in [7, 11) is -4.30. The highest BCUT2D eigenvalue weighted by Crippen LogP contribution is 2.43. The Balaban J connectivity index is 4.14. The number of phosphoric acid groups is 1. The number of esters is 1. The van der Waals surface area contributed by atoms with Gasteiger partial charge in [-0.05, 0) is 103 Å². The minimum absolute atomic E-state index is 0.0845. The van der Waals surface area contributed by atoms with Gasteiger partial charge in [0, 0.05) is 19.6 Å². The van der Waals surface area contributed by atoms with Gasteiger partial charge in [-0.1, -0.05) is 167 Å². The minimum atomic E-state index is -4.30. The number of unbranched alkanes of at least 4 members (excludes halogenated alkanes) is 9. The Morgan fingerprint density at radius 3 is 1.32 bits per heavy atom. The summed E-state index contributed by atoms with van der Waals surface area (Å²) in [6.07, 6.45) is 65.1. The summed E-state index contributed by atoms with van der Waals surface area (Å²) >= 11 is 0. The van der Waals surface area contributed by atoms with Gasteiger partial charge in [0.2, 0.25) is 0 Å². The molecule has 0 radical (unpaired) electrons. The SMILES string of the molecule is CC/C=C\C/C=C\C/C=C\C/C=C\C/C=C\C/C=C\C/C=C\CCCCCC(=O)OC(COCCCCCCCC/C=C\C/C=C\C/C=C\CC)COP(=O)(O)OCCN. The zero-order valence-corrected chi connectivity index (χ0v) is 38.5. The second-order valence-corrected chi connectivity index (χ2v) is 16.0. The first-order chi connectivity index (χ1) is 29.4. The lowest BCUT2D eigenvalue weighted by Crippen LogP contribution is -2.28. The number of hydrogen-bond acceptors (Lipinski definition) is 7. The first-order valence-electron chi connectivity index (χ1n) is 23.0. The van der Waals surface area contributed by atoms with Crippen LogP contribution in [0.25, 0.3) is 0 Å². The Hall–Kier alpha value is -3.10. The van der Waals surface area contributed by atoms with Gasteiger partial charge in [-0.3, -0.25) is 13.8 Å². The highest BCUT2D eigenvalue weighted by Gasteiger charge is 2.25. The number of phosphoric ester groups is 1. The van der Waals surface area contributed by atoms with Crippen LogP contribution in [-0.2, 0) is 27.9 Å². The lowest BCUT2D eigenvalue weighted by Gasteiger charge is -2.20. The van der Waals surface area contributed by atoms with Crippen LogP contribution in [-0.4, -0.2) is 49.9 Å². The van der Waals surface area contributed by atoms with Crippen LogP contribution in [0.15, 0.2) is 122 Å². The summed E-state index contributed by atoms with van der Waals surface area (Å²) in [6, 6.07) is 0. The third-order valence-corrected chi connectivity index (χ3v) is 9.86. The lowest BCUT2D eigenvalue weighted by atomic mass is 10.1. The zero-order chi connectivity index (χ0) is 43.7. The van der Waals surface area contributed by atoms with Gasteiger partial charge < -0.3 is 20.1 Å². The van der Waals surface area contributed by atoms with E-state index < -0.39 is 13.9 Å². The first-order valence-corrected chi connectivity index (χ1v) is 24.5. The summed E-state index contributed by atoms with van der Waals surface area (Å²) in [5, 5.41) is 0. The van der Waals surface area contributed by atoms with Crippen molar-refractivity contribution in [3.8, 4) is 0 Å². The van der Waals surface area contributed by atoms with Crippen molar-refractivity contribution in [1.82, 2.24) is 0 Å². The maximum Gasteiger partial charge on any atom is 0.472 e. The van der Waals surface area contributed by atoms with Crippen LogP contribution < -0.4 is 5.73 Å². The monoisotopic (exact) mass is 854 g/mol. The molecule has 8 nitrogen and oxygen atoms in total. The van der Waals surface area contributed by atoms with Crippen molar-refractivity contribution in [2.24, 2.45) is 5.73 Å². The molecule has 0 aliphatic carbocycles. The van der Waals surface area contributed by atoms with E-state index in [1.165, 1.54) is 19.3 Å². The summed E-state index contributed by atoms with van der Waals surface area (Å²) in [4.78, 5) is 22.5. The molecule has 2 unspecified atom stereocenters. The number of ether oxygens (including phenoxy) is 2. The lowest BCUT2D eigenvalue weighted by molar-refractivity contribution is -0.154. The number of nitrogens with two attached hydrogens (primary N) is 1.